The van der Waals surface area contributed by atoms with Crippen LogP contribution in [0.15, 0.2) is 36.9 Å². The molecule has 1 heterocycles. The lowest BCUT2D eigenvalue weighted by Crippen LogP contribution is -2.55. The van der Waals surface area contributed by atoms with Crippen LogP contribution < -0.4 is 10.6 Å². The number of carbonyl (C=O) groups is 4. The van der Waals surface area contributed by atoms with Gasteiger partial charge in [-0.05, 0) is 18.6 Å². The lowest BCUT2D eigenvalue weighted by molar-refractivity contribution is -0.142. The number of benzene rings is 1. The lowest BCUT2D eigenvalue weighted by Gasteiger charge is -2.31. The molecule has 1 fully saturated rings. The van der Waals surface area contributed by atoms with Crippen LogP contribution in [0.5, 0.6) is 0 Å². The minimum atomic E-state index is -0.986. The van der Waals surface area contributed by atoms with Gasteiger partial charge in [-0.3, -0.25) is 29.4 Å². The number of rotatable bonds is 5. The van der Waals surface area contributed by atoms with Crippen molar-refractivity contribution in [1.29, 1.82) is 0 Å². The first kappa shape index (κ1) is 17.4. The second-order valence-corrected chi connectivity index (χ2v) is 5.38. The van der Waals surface area contributed by atoms with Gasteiger partial charge in [0.2, 0.25) is 17.7 Å². The average molecular weight is 329 g/mol. The summed E-state index contributed by atoms with van der Waals surface area (Å²) in [6.45, 7) is 5.28. The molecule has 24 heavy (non-hydrogen) atoms. The fraction of sp³-hybridized carbons (Fsp3) is 0.294. The molecule has 1 unspecified atom stereocenters. The Hall–Kier alpha value is -2.96. The molecule has 2 N–H and O–H groups in total. The summed E-state index contributed by atoms with van der Waals surface area (Å²) in [6, 6.07) is 5.73. The van der Waals surface area contributed by atoms with E-state index in [-0.39, 0.29) is 18.4 Å². The van der Waals surface area contributed by atoms with Gasteiger partial charge in [0.1, 0.15) is 6.04 Å². The summed E-state index contributed by atoms with van der Waals surface area (Å²) < 4.78 is 0. The fourth-order valence-corrected chi connectivity index (χ4v) is 2.57. The third kappa shape index (κ3) is 3.68. The molecule has 1 aliphatic heterocycles. The largest absolute Gasteiger partial charge is 0.381 e. The zero-order valence-corrected chi connectivity index (χ0v) is 13.4. The molecule has 7 nitrogen and oxygen atoms in total. The highest BCUT2D eigenvalue weighted by Gasteiger charge is 2.37. The van der Waals surface area contributed by atoms with Crippen LogP contribution in [0.25, 0.3) is 0 Å². The molecule has 1 aromatic rings. The third-order valence-electron chi connectivity index (χ3n) is 3.67. The number of piperidine rings is 1. The highest BCUT2D eigenvalue weighted by atomic mass is 16.2. The van der Waals surface area contributed by atoms with Gasteiger partial charge < -0.3 is 5.32 Å². The smallest absolute Gasteiger partial charge is 0.263 e. The van der Waals surface area contributed by atoms with E-state index in [2.05, 4.69) is 17.2 Å². The van der Waals surface area contributed by atoms with Crippen molar-refractivity contribution in [2.45, 2.75) is 25.8 Å². The van der Waals surface area contributed by atoms with Crippen molar-refractivity contribution in [2.24, 2.45) is 0 Å². The van der Waals surface area contributed by atoms with Gasteiger partial charge in [0, 0.05) is 25.6 Å². The van der Waals surface area contributed by atoms with Crippen LogP contribution in [0.2, 0.25) is 0 Å². The van der Waals surface area contributed by atoms with Gasteiger partial charge in [-0.15, -0.1) is 6.58 Å². The molecule has 126 valence electrons. The third-order valence-corrected chi connectivity index (χ3v) is 3.67. The Kier molecular flexibility index (Phi) is 5.47. The van der Waals surface area contributed by atoms with E-state index in [0.717, 1.165) is 4.90 Å². The molecule has 1 saturated heterocycles. The molecule has 0 aromatic heterocycles. The Morgan fingerprint density at radius 2 is 2.08 bits per heavy atom. The molecule has 1 aromatic carbocycles. The zero-order valence-electron chi connectivity index (χ0n) is 13.4. The summed E-state index contributed by atoms with van der Waals surface area (Å²) in [5, 5.41) is 5.19. The van der Waals surface area contributed by atoms with Crippen molar-refractivity contribution in [2.75, 3.05) is 11.9 Å². The molecular formula is C17H19N3O4. The van der Waals surface area contributed by atoms with Crippen LogP contribution in [0.3, 0.4) is 0 Å². The molecule has 1 atom stereocenters. The summed E-state index contributed by atoms with van der Waals surface area (Å²) in [6.07, 6.45) is 1.85. The summed E-state index contributed by atoms with van der Waals surface area (Å²) in [7, 11) is 0. The maximum atomic E-state index is 12.9. The molecule has 0 bridgehead atoms. The molecule has 0 aliphatic carbocycles. The first-order chi connectivity index (χ1) is 11.5. The van der Waals surface area contributed by atoms with Crippen LogP contribution in [0, 0.1) is 0 Å². The van der Waals surface area contributed by atoms with Gasteiger partial charge in [-0.2, -0.15) is 0 Å². The maximum absolute atomic E-state index is 12.9. The first-order valence-corrected chi connectivity index (χ1v) is 7.57. The highest BCUT2D eigenvalue weighted by Crippen LogP contribution is 2.21. The van der Waals surface area contributed by atoms with Gasteiger partial charge in [-0.25, -0.2) is 0 Å². The molecule has 0 radical (unpaired) electrons. The Morgan fingerprint density at radius 1 is 1.38 bits per heavy atom. The van der Waals surface area contributed by atoms with E-state index in [4.69, 9.17) is 0 Å². The number of anilines is 1. The number of carbonyl (C=O) groups excluding carboxylic acids is 4. The second kappa shape index (κ2) is 7.54. The highest BCUT2D eigenvalue weighted by molar-refractivity contribution is 6.11. The van der Waals surface area contributed by atoms with Crippen molar-refractivity contribution < 1.29 is 19.2 Å². The Balaban J connectivity index is 2.33. The number of nitrogens with zero attached hydrogens (tertiary/aromatic N) is 1. The van der Waals surface area contributed by atoms with Crippen molar-refractivity contribution in [1.82, 2.24) is 10.2 Å². The molecule has 0 spiro atoms. The van der Waals surface area contributed by atoms with Crippen LogP contribution in [0.1, 0.15) is 30.1 Å². The predicted molar refractivity (Wildman–Crippen MR) is 88.2 cm³/mol. The number of hydrogen-bond acceptors (Lipinski definition) is 5. The van der Waals surface area contributed by atoms with E-state index >= 15 is 0 Å². The van der Waals surface area contributed by atoms with Crippen LogP contribution in [-0.4, -0.2) is 41.1 Å². The number of amides is 4. The van der Waals surface area contributed by atoms with Crippen molar-refractivity contribution >= 4 is 29.3 Å². The number of para-hydroxylation sites is 1. The molecule has 1 aliphatic rings. The number of hydrogen-bond donors (Lipinski definition) is 2. The van der Waals surface area contributed by atoms with E-state index in [1.807, 2.05) is 0 Å². The Morgan fingerprint density at radius 3 is 2.71 bits per heavy atom. The minimum Gasteiger partial charge on any atom is -0.381 e. The predicted octanol–water partition coefficient (Wildman–Crippen LogP) is 1.08. The van der Waals surface area contributed by atoms with Crippen LogP contribution >= 0.6 is 0 Å². The van der Waals surface area contributed by atoms with E-state index in [1.54, 1.807) is 30.3 Å². The Bertz CT molecular complexity index is 699. The van der Waals surface area contributed by atoms with Crippen LogP contribution in [0.4, 0.5) is 5.69 Å². The van der Waals surface area contributed by atoms with E-state index in [9.17, 15) is 19.2 Å². The van der Waals surface area contributed by atoms with Crippen molar-refractivity contribution in [3.05, 3.63) is 42.5 Å². The number of imide groups is 2. The minimum absolute atomic E-state index is 0.0871. The number of nitrogens with one attached hydrogen (secondary N) is 2. The van der Waals surface area contributed by atoms with Crippen molar-refractivity contribution in [3.63, 3.8) is 0 Å². The molecule has 2 rings (SSSR count). The van der Waals surface area contributed by atoms with Gasteiger partial charge in [0.05, 0.1) is 5.56 Å². The second-order valence-electron chi connectivity index (χ2n) is 5.38. The Labute approximate surface area is 139 Å². The van der Waals surface area contributed by atoms with Gasteiger partial charge in [-0.1, -0.05) is 18.2 Å². The van der Waals surface area contributed by atoms with E-state index in [1.165, 1.54) is 6.92 Å². The van der Waals surface area contributed by atoms with Gasteiger partial charge in [0.15, 0.2) is 0 Å². The SMILES string of the molecule is C=CCNc1ccccc1C(=O)N(C(C)=O)C1CCC(=O)NC1=O. The molecular weight excluding hydrogens is 310 g/mol. The fourth-order valence-electron chi connectivity index (χ4n) is 2.57. The van der Waals surface area contributed by atoms with E-state index < -0.39 is 29.7 Å². The maximum Gasteiger partial charge on any atom is 0.263 e. The molecule has 0 saturated carbocycles. The monoisotopic (exact) mass is 329 g/mol. The average Bonchev–Trinajstić information content (AvgIpc) is 2.55. The molecule has 7 heteroatoms. The lowest BCUT2D eigenvalue weighted by atomic mass is 10.0. The van der Waals surface area contributed by atoms with Gasteiger partial charge in [0.25, 0.3) is 5.91 Å². The van der Waals surface area contributed by atoms with Crippen molar-refractivity contribution in [3.8, 4) is 0 Å². The summed E-state index contributed by atoms with van der Waals surface area (Å²) >= 11 is 0. The van der Waals surface area contributed by atoms with E-state index in [0.29, 0.717) is 12.2 Å². The summed E-state index contributed by atoms with van der Waals surface area (Å²) in [5.41, 5.74) is 0.820. The summed E-state index contributed by atoms with van der Waals surface area (Å²) in [4.78, 5) is 49.1. The van der Waals surface area contributed by atoms with Crippen LogP contribution in [-0.2, 0) is 14.4 Å². The van der Waals surface area contributed by atoms with Gasteiger partial charge >= 0.3 is 0 Å². The topological polar surface area (TPSA) is 95.6 Å². The normalized spacial score (nSPS) is 17.0. The quantitative estimate of drug-likeness (QED) is 0.622. The summed E-state index contributed by atoms with van der Waals surface area (Å²) in [5.74, 6) is -2.16. The standard InChI is InChI=1S/C17H19N3O4/c1-3-10-18-13-7-5-4-6-12(13)17(24)20(11(2)21)14-8-9-15(22)19-16(14)23/h3-7,14,18H,1,8-10H2,2H3,(H,19,22,23). The zero-order chi connectivity index (χ0) is 17.7. The molecule has 4 amide bonds. The first-order valence-electron chi connectivity index (χ1n) is 7.57.